The first-order valence-corrected chi connectivity index (χ1v) is 4.08. The summed E-state index contributed by atoms with van der Waals surface area (Å²) in [6.45, 7) is 2.12. The van der Waals surface area contributed by atoms with Crippen LogP contribution in [0.5, 0.6) is 0 Å². The van der Waals surface area contributed by atoms with Crippen molar-refractivity contribution in [2.24, 2.45) is 11.7 Å². The van der Waals surface area contributed by atoms with Crippen molar-refractivity contribution in [1.29, 1.82) is 0 Å². The van der Waals surface area contributed by atoms with E-state index in [4.69, 9.17) is 10.5 Å². The van der Waals surface area contributed by atoms with E-state index >= 15 is 0 Å². The fourth-order valence-corrected chi connectivity index (χ4v) is 1.38. The Bertz CT molecular complexity index is 97.4. The Balaban J connectivity index is 2.27. The van der Waals surface area contributed by atoms with E-state index in [9.17, 15) is 0 Å². The summed E-state index contributed by atoms with van der Waals surface area (Å²) in [5.74, 6) is 0.755. The summed E-state index contributed by atoms with van der Waals surface area (Å²) in [4.78, 5) is 0. The molecule has 0 aliphatic heterocycles. The molecule has 2 heteroatoms. The van der Waals surface area contributed by atoms with E-state index in [1.54, 1.807) is 7.11 Å². The highest BCUT2D eigenvalue weighted by molar-refractivity contribution is 4.88. The van der Waals surface area contributed by atoms with Crippen LogP contribution in [-0.4, -0.2) is 19.3 Å². The third kappa shape index (κ3) is 1.70. The number of hydrogen-bond donors (Lipinski definition) is 1. The van der Waals surface area contributed by atoms with Gasteiger partial charge in [-0.15, -0.1) is 0 Å². The van der Waals surface area contributed by atoms with Crippen molar-refractivity contribution in [3.8, 4) is 0 Å². The van der Waals surface area contributed by atoms with Gasteiger partial charge >= 0.3 is 0 Å². The van der Waals surface area contributed by atoms with Gasteiger partial charge in [0, 0.05) is 13.2 Å². The molecule has 2 unspecified atom stereocenters. The second-order valence-electron chi connectivity index (χ2n) is 3.10. The molecule has 2 atom stereocenters. The highest BCUT2D eigenvalue weighted by Crippen LogP contribution is 2.33. The fraction of sp³-hybridized carbons (Fsp3) is 1.00. The van der Waals surface area contributed by atoms with Gasteiger partial charge in [-0.2, -0.15) is 0 Å². The van der Waals surface area contributed by atoms with Gasteiger partial charge in [0.25, 0.3) is 0 Å². The molecule has 0 amide bonds. The fourth-order valence-electron chi connectivity index (χ4n) is 1.38. The zero-order valence-corrected chi connectivity index (χ0v) is 6.84. The minimum atomic E-state index is 0.285. The summed E-state index contributed by atoms with van der Waals surface area (Å²) in [5.41, 5.74) is 5.92. The monoisotopic (exact) mass is 143 g/mol. The van der Waals surface area contributed by atoms with Crippen LogP contribution < -0.4 is 5.73 Å². The van der Waals surface area contributed by atoms with Gasteiger partial charge < -0.3 is 10.5 Å². The molecular weight excluding hydrogens is 126 g/mol. The van der Waals surface area contributed by atoms with Gasteiger partial charge in [-0.25, -0.2) is 0 Å². The van der Waals surface area contributed by atoms with E-state index in [2.05, 4.69) is 6.92 Å². The van der Waals surface area contributed by atoms with E-state index in [1.165, 1.54) is 12.8 Å². The van der Waals surface area contributed by atoms with Gasteiger partial charge in [0.15, 0.2) is 0 Å². The molecule has 60 valence electrons. The van der Waals surface area contributed by atoms with Crippen molar-refractivity contribution in [2.75, 3.05) is 7.11 Å². The molecule has 10 heavy (non-hydrogen) atoms. The lowest BCUT2D eigenvalue weighted by molar-refractivity contribution is 0.0710. The molecule has 0 spiro atoms. The van der Waals surface area contributed by atoms with Crippen molar-refractivity contribution in [3.05, 3.63) is 0 Å². The minimum absolute atomic E-state index is 0.285. The first-order chi connectivity index (χ1) is 4.79. The zero-order chi connectivity index (χ0) is 7.56. The molecule has 0 bridgehead atoms. The lowest BCUT2D eigenvalue weighted by Crippen LogP contribution is -2.37. The maximum Gasteiger partial charge on any atom is 0.0722 e. The molecule has 1 fully saturated rings. The molecule has 2 N–H and O–H groups in total. The average Bonchev–Trinajstić information content (AvgIpc) is 2.71. The van der Waals surface area contributed by atoms with E-state index < -0.39 is 0 Å². The predicted molar refractivity (Wildman–Crippen MR) is 41.8 cm³/mol. The number of ether oxygens (including phenoxy) is 1. The first kappa shape index (κ1) is 8.02. The summed E-state index contributed by atoms with van der Waals surface area (Å²) >= 11 is 0. The second-order valence-corrected chi connectivity index (χ2v) is 3.10. The Labute approximate surface area is 62.7 Å². The van der Waals surface area contributed by atoms with Crippen LogP contribution in [0.15, 0.2) is 0 Å². The normalized spacial score (nSPS) is 24.3. The Kier molecular flexibility index (Phi) is 2.69. The molecular formula is C8H17NO. The van der Waals surface area contributed by atoms with Gasteiger partial charge in [-0.1, -0.05) is 6.92 Å². The molecule has 2 nitrogen and oxygen atoms in total. The SMILES string of the molecule is CCC(OC)C(N)C1CC1. The lowest BCUT2D eigenvalue weighted by Gasteiger charge is -2.20. The highest BCUT2D eigenvalue weighted by Gasteiger charge is 2.32. The third-order valence-electron chi connectivity index (χ3n) is 2.30. The van der Waals surface area contributed by atoms with Gasteiger partial charge in [-0.3, -0.25) is 0 Å². The number of nitrogens with two attached hydrogens (primary N) is 1. The van der Waals surface area contributed by atoms with Crippen LogP contribution in [0.4, 0.5) is 0 Å². The summed E-state index contributed by atoms with van der Waals surface area (Å²) in [7, 11) is 1.75. The molecule has 1 aliphatic rings. The van der Waals surface area contributed by atoms with Crippen LogP contribution >= 0.6 is 0 Å². The van der Waals surface area contributed by atoms with Crippen LogP contribution in [0.3, 0.4) is 0 Å². The van der Waals surface area contributed by atoms with Crippen LogP contribution in [0.1, 0.15) is 26.2 Å². The summed E-state index contributed by atoms with van der Waals surface area (Å²) in [5, 5.41) is 0. The minimum Gasteiger partial charge on any atom is -0.380 e. The van der Waals surface area contributed by atoms with E-state index in [0.717, 1.165) is 12.3 Å². The maximum absolute atomic E-state index is 5.92. The van der Waals surface area contributed by atoms with E-state index in [-0.39, 0.29) is 12.1 Å². The van der Waals surface area contributed by atoms with Crippen LogP contribution in [0.2, 0.25) is 0 Å². The Hall–Kier alpha value is -0.0800. The predicted octanol–water partition coefficient (Wildman–Crippen LogP) is 1.15. The van der Waals surface area contributed by atoms with Crippen molar-refractivity contribution in [3.63, 3.8) is 0 Å². The van der Waals surface area contributed by atoms with Crippen LogP contribution in [0.25, 0.3) is 0 Å². The Morgan fingerprint density at radius 2 is 2.20 bits per heavy atom. The summed E-state index contributed by atoms with van der Waals surface area (Å²) < 4.78 is 5.24. The average molecular weight is 143 g/mol. The summed E-state index contributed by atoms with van der Waals surface area (Å²) in [6, 6.07) is 0.287. The maximum atomic E-state index is 5.92. The van der Waals surface area contributed by atoms with E-state index in [0.29, 0.717) is 0 Å². The van der Waals surface area contributed by atoms with Gasteiger partial charge in [0.05, 0.1) is 6.10 Å². The largest absolute Gasteiger partial charge is 0.380 e. The molecule has 0 aromatic rings. The standard InChI is InChI=1S/C8H17NO/c1-3-7(10-2)8(9)6-4-5-6/h6-8H,3-5,9H2,1-2H3. The Morgan fingerprint density at radius 3 is 2.50 bits per heavy atom. The van der Waals surface area contributed by atoms with Crippen LogP contribution in [-0.2, 0) is 4.74 Å². The molecule has 1 aliphatic carbocycles. The number of hydrogen-bond acceptors (Lipinski definition) is 2. The molecule has 1 rings (SSSR count). The molecule has 0 heterocycles. The molecule has 0 saturated heterocycles. The van der Waals surface area contributed by atoms with Crippen molar-refractivity contribution >= 4 is 0 Å². The molecule has 1 saturated carbocycles. The van der Waals surface area contributed by atoms with Gasteiger partial charge in [0.2, 0.25) is 0 Å². The van der Waals surface area contributed by atoms with Crippen molar-refractivity contribution in [2.45, 2.75) is 38.3 Å². The zero-order valence-electron chi connectivity index (χ0n) is 6.84. The highest BCUT2D eigenvalue weighted by atomic mass is 16.5. The number of rotatable bonds is 4. The van der Waals surface area contributed by atoms with Crippen LogP contribution in [0, 0.1) is 5.92 Å². The van der Waals surface area contributed by atoms with E-state index in [1.807, 2.05) is 0 Å². The Morgan fingerprint density at radius 1 is 1.60 bits per heavy atom. The van der Waals surface area contributed by atoms with Gasteiger partial charge in [0.1, 0.15) is 0 Å². The number of methoxy groups -OCH3 is 1. The first-order valence-electron chi connectivity index (χ1n) is 4.08. The van der Waals surface area contributed by atoms with Gasteiger partial charge in [-0.05, 0) is 25.2 Å². The second kappa shape index (κ2) is 3.35. The quantitative estimate of drug-likeness (QED) is 0.640. The lowest BCUT2D eigenvalue weighted by atomic mass is 10.1. The van der Waals surface area contributed by atoms with Crippen molar-refractivity contribution < 1.29 is 4.74 Å². The smallest absolute Gasteiger partial charge is 0.0722 e. The van der Waals surface area contributed by atoms with Crippen molar-refractivity contribution in [1.82, 2.24) is 0 Å². The summed E-state index contributed by atoms with van der Waals surface area (Å²) in [6.07, 6.45) is 3.93. The third-order valence-corrected chi connectivity index (χ3v) is 2.30. The molecule has 0 aromatic heterocycles. The molecule has 0 aromatic carbocycles. The molecule has 0 radical (unpaired) electrons. The topological polar surface area (TPSA) is 35.2 Å².